The summed E-state index contributed by atoms with van der Waals surface area (Å²) in [6.07, 6.45) is 5.60. The Morgan fingerprint density at radius 1 is 0.587 bits per heavy atom. The molecule has 13 heteroatoms. The van der Waals surface area contributed by atoms with Crippen molar-refractivity contribution in [2.45, 2.75) is 87.6 Å². The van der Waals surface area contributed by atoms with E-state index in [1.54, 1.807) is 48.6 Å². The van der Waals surface area contributed by atoms with Gasteiger partial charge in [-0.1, -0.05) is 85.0 Å². The average Bonchev–Trinajstić information content (AvgIpc) is 4.17. The van der Waals surface area contributed by atoms with Gasteiger partial charge in [0, 0.05) is 57.7 Å². The minimum absolute atomic E-state index is 0. The van der Waals surface area contributed by atoms with Crippen molar-refractivity contribution in [2.24, 2.45) is 0 Å². The summed E-state index contributed by atoms with van der Waals surface area (Å²) in [6.45, 7) is 0. The molecule has 4 aromatic carbocycles. The van der Waals surface area contributed by atoms with Crippen LogP contribution in [0.25, 0.3) is 56.2 Å². The second-order valence-corrected chi connectivity index (χ2v) is 16.0. The number of carboxylic acids is 2. The molecule has 0 saturated heterocycles. The van der Waals surface area contributed by atoms with Crippen molar-refractivity contribution in [1.82, 2.24) is 9.97 Å². The molecule has 0 spiro atoms. The van der Waals surface area contributed by atoms with Crippen LogP contribution >= 0.6 is 0 Å². The van der Waals surface area contributed by atoms with Gasteiger partial charge in [-0.15, -0.1) is 0 Å². The summed E-state index contributed by atoms with van der Waals surface area (Å²) in [5, 5.41) is 59.8. The number of aliphatic hydroxyl groups excluding tert-OH is 4. The van der Waals surface area contributed by atoms with Gasteiger partial charge in [0.05, 0.1) is 59.7 Å². The smallest absolute Gasteiger partial charge is 1.00 e. The Bertz CT molecular complexity index is 2450. The quantitative estimate of drug-likeness (QED) is 0.0514. The molecule has 2 aliphatic carbocycles. The van der Waals surface area contributed by atoms with Gasteiger partial charge in [-0.3, -0.25) is 19.6 Å². The summed E-state index contributed by atoms with van der Waals surface area (Å²) < 4.78 is 27.2. The molecule has 0 bridgehead atoms. The number of aliphatic hydroxyl groups is 4. The maximum atomic E-state index is 13.6. The number of rotatable bonds is 16. The average molecular weight is 885 g/mol. The summed E-state index contributed by atoms with van der Waals surface area (Å²) in [6, 6.07) is 28.2. The molecule has 2 heterocycles. The van der Waals surface area contributed by atoms with Gasteiger partial charge < -0.3 is 33.5 Å². The molecule has 2 saturated carbocycles. The molecule has 2 aliphatic rings. The van der Waals surface area contributed by atoms with Gasteiger partial charge in [-0.05, 0) is 73.2 Å². The van der Waals surface area contributed by atoms with Crippen molar-refractivity contribution in [3.63, 3.8) is 0 Å². The molecule has 0 radical (unpaired) electrons. The summed E-state index contributed by atoms with van der Waals surface area (Å²) in [7, 11) is 0. The van der Waals surface area contributed by atoms with Crippen LogP contribution in [0.3, 0.4) is 0 Å². The van der Waals surface area contributed by atoms with E-state index in [1.807, 2.05) is 48.5 Å². The molecule has 6 N–H and O–H groups in total. The predicted octanol–water partition coefficient (Wildman–Crippen LogP) is 8.88. The first-order chi connectivity index (χ1) is 29.8. The molecule has 0 amide bonds. The van der Waals surface area contributed by atoms with Crippen molar-refractivity contribution in [3.8, 4) is 22.3 Å². The monoisotopic (exact) mass is 884 g/mol. The molecule has 2 aromatic heterocycles. The second-order valence-electron chi connectivity index (χ2n) is 16.0. The number of nitrogens with zero attached hydrogens (tertiary/aromatic N) is 2. The van der Waals surface area contributed by atoms with Gasteiger partial charge in [0.15, 0.2) is 0 Å². The van der Waals surface area contributed by atoms with Crippen LogP contribution in [-0.2, 0) is 9.59 Å². The van der Waals surface area contributed by atoms with E-state index < -0.39 is 49.2 Å². The molecule has 63 heavy (non-hydrogen) atoms. The van der Waals surface area contributed by atoms with E-state index in [0.717, 1.165) is 92.3 Å². The molecule has 10 nitrogen and oxygen atoms in total. The van der Waals surface area contributed by atoms with Gasteiger partial charge in [0.2, 0.25) is 0 Å². The van der Waals surface area contributed by atoms with Crippen LogP contribution < -0.4 is 0 Å². The van der Waals surface area contributed by atoms with Crippen LogP contribution in [-0.4, -0.2) is 115 Å². The van der Waals surface area contributed by atoms with E-state index in [0.29, 0.717) is 11.8 Å². The third-order valence-corrected chi connectivity index (χ3v) is 10.9. The van der Waals surface area contributed by atoms with E-state index in [2.05, 4.69) is 0 Å². The fraction of sp³-hybridized carbons (Fsp3) is 0.280. The number of para-hydroxylation sites is 2. The first kappa shape index (κ1) is 47.6. The van der Waals surface area contributed by atoms with Crippen molar-refractivity contribution in [3.05, 3.63) is 143 Å². The first-order valence-electron chi connectivity index (χ1n) is 20.7. The van der Waals surface area contributed by atoms with Crippen LogP contribution in [0.15, 0.2) is 109 Å². The Kier molecular flexibility index (Phi) is 16.3. The van der Waals surface area contributed by atoms with E-state index in [-0.39, 0.29) is 65.1 Å². The fourth-order valence-corrected chi connectivity index (χ4v) is 7.72. The molecule has 8 rings (SSSR count). The third kappa shape index (κ3) is 12.6. The van der Waals surface area contributed by atoms with E-state index >= 15 is 0 Å². The molecule has 324 valence electrons. The number of carbonyl (C=O) groups is 2. The molecule has 0 unspecified atom stereocenters. The van der Waals surface area contributed by atoms with Crippen molar-refractivity contribution < 1.29 is 51.9 Å². The van der Waals surface area contributed by atoms with E-state index in [1.165, 1.54) is 24.3 Å². The molecule has 2 fully saturated rings. The van der Waals surface area contributed by atoms with Crippen LogP contribution in [0.2, 0.25) is 0 Å². The second kappa shape index (κ2) is 21.6. The minimum Gasteiger partial charge on any atom is -1.00 e. The summed E-state index contributed by atoms with van der Waals surface area (Å²) in [5.74, 6) is -2.20. The topological polar surface area (TPSA) is 181 Å². The Balaban J connectivity index is 0.000000272. The maximum absolute atomic E-state index is 13.6. The van der Waals surface area contributed by atoms with Crippen LogP contribution in [0.1, 0.15) is 88.6 Å². The normalized spacial score (nSPS) is 15.7. The van der Waals surface area contributed by atoms with E-state index in [9.17, 15) is 38.8 Å². The van der Waals surface area contributed by atoms with Gasteiger partial charge in [-0.2, -0.15) is 0 Å². The summed E-state index contributed by atoms with van der Waals surface area (Å²) in [5.41, 5.74) is 8.85. The number of aromatic nitrogens is 2. The van der Waals surface area contributed by atoms with Gasteiger partial charge >= 0.3 is 49.7 Å². The SMILES string of the molecule is O=C(O)C[C@H](O)C[C@H](O)C=Cc1c(C2CC2)nc2ccccc2c1-c1ccc(F)cc1.O=C(O)C[C@H](O)C[C@H](O)C=Cc1c(C2CC2)nc2ccccc2c1-c1ccc(F)cc1.[Ca+2].[H-].[H-]. The number of aliphatic carboxylic acids is 2. The largest absolute Gasteiger partial charge is 2.00 e. The molecular weight excluding hydrogens is 835 g/mol. The zero-order chi connectivity index (χ0) is 43.9. The van der Waals surface area contributed by atoms with Gasteiger partial charge in [0.25, 0.3) is 0 Å². The molecule has 0 aliphatic heterocycles. The first-order valence-corrected chi connectivity index (χ1v) is 20.7. The number of hydrogen-bond acceptors (Lipinski definition) is 8. The molecule has 4 atom stereocenters. The van der Waals surface area contributed by atoms with E-state index in [4.69, 9.17) is 20.2 Å². The number of pyridine rings is 2. The number of benzene rings is 4. The number of fused-ring (bicyclic) bond motifs is 2. The molecule has 6 aromatic rings. The van der Waals surface area contributed by atoms with Crippen LogP contribution in [0, 0.1) is 11.6 Å². The number of carboxylic acid groups (broad SMARTS) is 2. The predicted molar refractivity (Wildman–Crippen MR) is 242 cm³/mol. The van der Waals surface area contributed by atoms with Crippen molar-refractivity contribution in [1.29, 1.82) is 0 Å². The van der Waals surface area contributed by atoms with Crippen LogP contribution in [0.5, 0.6) is 0 Å². The zero-order valence-electron chi connectivity index (χ0n) is 36.5. The third-order valence-electron chi connectivity index (χ3n) is 10.9. The number of halogens is 2. The minimum atomic E-state index is -1.13. The Morgan fingerprint density at radius 3 is 1.27 bits per heavy atom. The van der Waals surface area contributed by atoms with Gasteiger partial charge in [0.1, 0.15) is 11.6 Å². The maximum Gasteiger partial charge on any atom is 2.00 e. The molecular formula is C50H50CaF2N2O8. The number of hydrogen-bond donors (Lipinski definition) is 6. The van der Waals surface area contributed by atoms with Gasteiger partial charge in [-0.25, -0.2) is 8.78 Å². The van der Waals surface area contributed by atoms with Crippen molar-refractivity contribution >= 4 is 83.6 Å². The fourth-order valence-electron chi connectivity index (χ4n) is 7.72. The standard InChI is InChI=1S/2C25H24FNO4.Ca.2H/c2*26-17-9-7-15(8-10-17)24-20-3-1-2-4-22(20)27-25(16-5-6-16)21(24)12-11-18(28)13-19(29)14-23(30)31;;;/h2*1-4,7-12,16,18-19,28-29H,5-6,13-14H2,(H,30,31);;;/q;;+2;2*-1/t2*18-,19-;;;/m11.../s1. The Hall–Kier alpha value is -4.92. The summed E-state index contributed by atoms with van der Waals surface area (Å²) in [4.78, 5) is 31.3. The zero-order valence-corrected chi connectivity index (χ0v) is 36.7. The van der Waals surface area contributed by atoms with Crippen LogP contribution in [0.4, 0.5) is 8.78 Å². The Morgan fingerprint density at radius 2 is 0.937 bits per heavy atom. The van der Waals surface area contributed by atoms with Crippen molar-refractivity contribution in [2.75, 3.05) is 0 Å². The summed E-state index contributed by atoms with van der Waals surface area (Å²) >= 11 is 0. The Labute approximate surface area is 396 Å².